The number of anilines is 2. The molecule has 0 saturated heterocycles. The molecule has 0 bridgehead atoms. The Bertz CT molecular complexity index is 562. The summed E-state index contributed by atoms with van der Waals surface area (Å²) in [5.41, 5.74) is 9.22. The predicted octanol–water partition coefficient (Wildman–Crippen LogP) is 4.19. The first-order chi connectivity index (χ1) is 9.61. The average molecular weight is 272 g/mol. The van der Waals surface area contributed by atoms with Crippen LogP contribution in [0.25, 0.3) is 0 Å². The molecule has 0 aliphatic heterocycles. The third kappa shape index (κ3) is 3.36. The molecule has 0 aliphatic carbocycles. The van der Waals surface area contributed by atoms with Gasteiger partial charge < -0.3 is 11.1 Å². The lowest BCUT2D eigenvalue weighted by Crippen LogP contribution is -2.07. The number of rotatable bonds is 5. The molecule has 3 N–H and O–H groups in total. The van der Waals surface area contributed by atoms with Crippen molar-refractivity contribution >= 4 is 11.4 Å². The van der Waals surface area contributed by atoms with Crippen molar-refractivity contribution in [3.8, 4) is 0 Å². The van der Waals surface area contributed by atoms with Gasteiger partial charge in [0, 0.05) is 16.9 Å². The summed E-state index contributed by atoms with van der Waals surface area (Å²) < 4.78 is 13.8. The third-order valence-electron chi connectivity index (χ3n) is 3.37. The van der Waals surface area contributed by atoms with Gasteiger partial charge in [-0.2, -0.15) is 0 Å². The van der Waals surface area contributed by atoms with Crippen molar-refractivity contribution in [3.63, 3.8) is 0 Å². The molecule has 0 aromatic heterocycles. The van der Waals surface area contributed by atoms with E-state index >= 15 is 0 Å². The Balaban J connectivity index is 2.23. The predicted molar refractivity (Wildman–Crippen MR) is 83.0 cm³/mol. The van der Waals surface area contributed by atoms with Crippen molar-refractivity contribution in [1.29, 1.82) is 0 Å². The molecule has 0 saturated carbocycles. The van der Waals surface area contributed by atoms with Crippen LogP contribution in [0, 0.1) is 5.82 Å². The van der Waals surface area contributed by atoms with Crippen LogP contribution in [0.15, 0.2) is 42.5 Å². The maximum atomic E-state index is 13.8. The summed E-state index contributed by atoms with van der Waals surface area (Å²) in [7, 11) is 0. The Kier molecular flexibility index (Phi) is 4.74. The zero-order valence-electron chi connectivity index (χ0n) is 12.0. The van der Waals surface area contributed by atoms with E-state index in [2.05, 4.69) is 31.3 Å². The molecule has 106 valence electrons. The van der Waals surface area contributed by atoms with E-state index < -0.39 is 0 Å². The molecular formula is C17H21FN2. The van der Waals surface area contributed by atoms with Gasteiger partial charge >= 0.3 is 0 Å². The largest absolute Gasteiger partial charge is 0.355 e. The Labute approximate surface area is 119 Å². The molecule has 0 radical (unpaired) electrons. The molecule has 2 rings (SSSR count). The standard InChI is InChI=1S/C17H21FN2/c1-12(2)13-6-8-14(9-7-13)20-17-5-3-4-16(18)15(17)10-11-19/h3-9,12,20H,10-11,19H2,1-2H3. The first-order valence-electron chi connectivity index (χ1n) is 6.96. The van der Waals surface area contributed by atoms with Crippen LogP contribution in [0.4, 0.5) is 15.8 Å². The minimum absolute atomic E-state index is 0.209. The van der Waals surface area contributed by atoms with E-state index in [0.29, 0.717) is 24.4 Å². The van der Waals surface area contributed by atoms with Gasteiger partial charge in [0.05, 0.1) is 0 Å². The van der Waals surface area contributed by atoms with Gasteiger partial charge in [-0.25, -0.2) is 4.39 Å². The van der Waals surface area contributed by atoms with Crippen LogP contribution < -0.4 is 11.1 Å². The fourth-order valence-corrected chi connectivity index (χ4v) is 2.18. The molecule has 0 spiro atoms. The van der Waals surface area contributed by atoms with E-state index in [1.807, 2.05) is 18.2 Å². The maximum absolute atomic E-state index is 13.8. The van der Waals surface area contributed by atoms with Gasteiger partial charge in [0.15, 0.2) is 0 Å². The van der Waals surface area contributed by atoms with Crippen LogP contribution in [-0.2, 0) is 6.42 Å². The van der Waals surface area contributed by atoms with Crippen LogP contribution in [0.1, 0.15) is 30.9 Å². The van der Waals surface area contributed by atoms with E-state index in [-0.39, 0.29) is 5.82 Å². The lowest BCUT2D eigenvalue weighted by molar-refractivity contribution is 0.610. The first kappa shape index (κ1) is 14.5. The molecule has 0 atom stereocenters. The highest BCUT2D eigenvalue weighted by Gasteiger charge is 2.08. The smallest absolute Gasteiger partial charge is 0.128 e. The minimum atomic E-state index is -0.209. The summed E-state index contributed by atoms with van der Waals surface area (Å²) >= 11 is 0. The quantitative estimate of drug-likeness (QED) is 0.856. The SMILES string of the molecule is CC(C)c1ccc(Nc2cccc(F)c2CCN)cc1. The second-order valence-electron chi connectivity index (χ2n) is 5.21. The molecule has 0 aliphatic rings. The average Bonchev–Trinajstić information content (AvgIpc) is 2.43. The van der Waals surface area contributed by atoms with Crippen LogP contribution in [0.5, 0.6) is 0 Å². The highest BCUT2D eigenvalue weighted by Crippen LogP contribution is 2.25. The Hall–Kier alpha value is -1.87. The molecule has 2 nitrogen and oxygen atoms in total. The number of nitrogens with two attached hydrogens (primary N) is 1. The van der Waals surface area contributed by atoms with E-state index in [0.717, 1.165) is 11.4 Å². The number of benzene rings is 2. The Morgan fingerprint density at radius 1 is 1.10 bits per heavy atom. The molecule has 20 heavy (non-hydrogen) atoms. The van der Waals surface area contributed by atoms with Crippen LogP contribution >= 0.6 is 0 Å². The highest BCUT2D eigenvalue weighted by atomic mass is 19.1. The molecular weight excluding hydrogens is 251 g/mol. The van der Waals surface area contributed by atoms with E-state index in [1.54, 1.807) is 6.07 Å². The van der Waals surface area contributed by atoms with Crippen molar-refractivity contribution < 1.29 is 4.39 Å². The summed E-state index contributed by atoms with van der Waals surface area (Å²) in [6.45, 7) is 4.75. The fourth-order valence-electron chi connectivity index (χ4n) is 2.18. The van der Waals surface area contributed by atoms with E-state index in [4.69, 9.17) is 5.73 Å². The van der Waals surface area contributed by atoms with Crippen molar-refractivity contribution in [2.24, 2.45) is 5.73 Å². The first-order valence-corrected chi connectivity index (χ1v) is 6.96. The van der Waals surface area contributed by atoms with Gasteiger partial charge in [-0.15, -0.1) is 0 Å². The molecule has 0 amide bonds. The zero-order chi connectivity index (χ0) is 14.5. The monoisotopic (exact) mass is 272 g/mol. The van der Waals surface area contributed by atoms with Crippen molar-refractivity contribution in [2.45, 2.75) is 26.2 Å². The fraction of sp³-hybridized carbons (Fsp3) is 0.294. The maximum Gasteiger partial charge on any atom is 0.128 e. The summed E-state index contributed by atoms with van der Waals surface area (Å²) in [6.07, 6.45) is 0.527. The Morgan fingerprint density at radius 3 is 2.40 bits per heavy atom. The van der Waals surface area contributed by atoms with Gasteiger partial charge in [-0.1, -0.05) is 32.0 Å². The molecule has 0 fully saturated rings. The highest BCUT2D eigenvalue weighted by molar-refractivity contribution is 5.63. The van der Waals surface area contributed by atoms with Crippen molar-refractivity contribution in [3.05, 3.63) is 59.4 Å². The molecule has 0 unspecified atom stereocenters. The summed E-state index contributed by atoms with van der Waals surface area (Å²) in [5, 5.41) is 3.27. The number of nitrogens with one attached hydrogen (secondary N) is 1. The Morgan fingerprint density at radius 2 is 1.80 bits per heavy atom. The number of halogens is 1. The molecule has 3 heteroatoms. The lowest BCUT2D eigenvalue weighted by Gasteiger charge is -2.13. The van der Waals surface area contributed by atoms with Gasteiger partial charge in [0.2, 0.25) is 0 Å². The van der Waals surface area contributed by atoms with Gasteiger partial charge in [-0.05, 0) is 48.7 Å². The van der Waals surface area contributed by atoms with Crippen molar-refractivity contribution in [2.75, 3.05) is 11.9 Å². The zero-order valence-corrected chi connectivity index (χ0v) is 12.0. The summed E-state index contributed by atoms with van der Waals surface area (Å²) in [4.78, 5) is 0. The van der Waals surface area contributed by atoms with Crippen LogP contribution in [0.3, 0.4) is 0 Å². The van der Waals surface area contributed by atoms with Gasteiger partial charge in [0.25, 0.3) is 0 Å². The molecule has 0 heterocycles. The second-order valence-corrected chi connectivity index (χ2v) is 5.21. The summed E-state index contributed by atoms with van der Waals surface area (Å²) in [5.74, 6) is 0.297. The molecule has 2 aromatic carbocycles. The van der Waals surface area contributed by atoms with E-state index in [9.17, 15) is 4.39 Å². The van der Waals surface area contributed by atoms with Gasteiger partial charge in [-0.3, -0.25) is 0 Å². The van der Waals surface area contributed by atoms with E-state index in [1.165, 1.54) is 11.6 Å². The topological polar surface area (TPSA) is 38.0 Å². The normalized spacial score (nSPS) is 10.8. The van der Waals surface area contributed by atoms with Gasteiger partial charge in [0.1, 0.15) is 5.82 Å². The number of hydrogen-bond donors (Lipinski definition) is 2. The molecule has 2 aromatic rings. The minimum Gasteiger partial charge on any atom is -0.355 e. The lowest BCUT2D eigenvalue weighted by atomic mass is 10.0. The second kappa shape index (κ2) is 6.53. The number of hydrogen-bond acceptors (Lipinski definition) is 2. The van der Waals surface area contributed by atoms with Crippen molar-refractivity contribution in [1.82, 2.24) is 0 Å². The van der Waals surface area contributed by atoms with Crippen LogP contribution in [-0.4, -0.2) is 6.54 Å². The third-order valence-corrected chi connectivity index (χ3v) is 3.37. The van der Waals surface area contributed by atoms with Crippen LogP contribution in [0.2, 0.25) is 0 Å². The summed E-state index contributed by atoms with van der Waals surface area (Å²) in [6, 6.07) is 13.3.